The first-order valence-electron chi connectivity index (χ1n) is 9.57. The van der Waals surface area contributed by atoms with Gasteiger partial charge in [-0.2, -0.15) is 29.0 Å². The van der Waals surface area contributed by atoms with Gasteiger partial charge in [0.2, 0.25) is 17.1 Å². The molecular formula is C21H17F3N4O2. The van der Waals surface area contributed by atoms with Gasteiger partial charge in [0.1, 0.15) is 6.10 Å². The highest BCUT2D eigenvalue weighted by molar-refractivity contribution is 5.89. The topological polar surface area (TPSA) is 114 Å². The van der Waals surface area contributed by atoms with Crippen molar-refractivity contribution in [3.8, 4) is 18.2 Å². The molecule has 3 aliphatic rings. The van der Waals surface area contributed by atoms with E-state index >= 15 is 0 Å². The third-order valence-electron chi connectivity index (χ3n) is 6.58. The van der Waals surface area contributed by atoms with E-state index in [1.54, 1.807) is 0 Å². The van der Waals surface area contributed by atoms with Crippen LogP contribution in [0.15, 0.2) is 24.3 Å². The first-order chi connectivity index (χ1) is 14.2. The molecule has 1 saturated carbocycles. The Morgan fingerprint density at radius 1 is 1.07 bits per heavy atom. The lowest BCUT2D eigenvalue weighted by molar-refractivity contribution is -0.285. The minimum Gasteiger partial charge on any atom is -0.447 e. The molecule has 154 valence electrons. The third-order valence-corrected chi connectivity index (χ3v) is 6.58. The maximum Gasteiger partial charge on any atom is 0.416 e. The van der Waals surface area contributed by atoms with Gasteiger partial charge in [0.15, 0.2) is 5.41 Å². The number of halogens is 3. The molecule has 3 fully saturated rings. The fourth-order valence-electron chi connectivity index (χ4n) is 5.22. The molecule has 2 saturated heterocycles. The summed E-state index contributed by atoms with van der Waals surface area (Å²) in [6.45, 7) is 0. The second-order valence-corrected chi connectivity index (χ2v) is 7.97. The van der Waals surface area contributed by atoms with E-state index in [4.69, 9.17) is 14.9 Å². The number of ether oxygens (including phenoxy) is 2. The van der Waals surface area contributed by atoms with E-state index in [0.29, 0.717) is 25.7 Å². The molecule has 1 aliphatic carbocycles. The Morgan fingerprint density at radius 3 is 2.43 bits per heavy atom. The van der Waals surface area contributed by atoms with Crippen LogP contribution in [0.1, 0.15) is 49.3 Å². The molecule has 1 aromatic rings. The van der Waals surface area contributed by atoms with Gasteiger partial charge in [-0.3, -0.25) is 5.41 Å². The first-order valence-corrected chi connectivity index (χ1v) is 9.57. The average molecular weight is 414 g/mol. The summed E-state index contributed by atoms with van der Waals surface area (Å²) in [5.74, 6) is -2.67. The van der Waals surface area contributed by atoms with Gasteiger partial charge >= 0.3 is 6.18 Å². The molecule has 0 amide bonds. The van der Waals surface area contributed by atoms with Gasteiger partial charge in [-0.05, 0) is 30.5 Å². The fourth-order valence-corrected chi connectivity index (χ4v) is 5.22. The second kappa shape index (κ2) is 6.45. The lowest BCUT2D eigenvalue weighted by Gasteiger charge is -2.49. The van der Waals surface area contributed by atoms with Crippen molar-refractivity contribution in [2.75, 3.05) is 0 Å². The summed E-state index contributed by atoms with van der Waals surface area (Å²) < 4.78 is 51.8. The molecule has 1 N–H and O–H groups in total. The number of alkyl halides is 3. The third kappa shape index (κ3) is 2.35. The molecule has 1 aromatic carbocycles. The van der Waals surface area contributed by atoms with Gasteiger partial charge in [0.25, 0.3) is 0 Å². The Morgan fingerprint density at radius 2 is 1.80 bits per heavy atom. The molecule has 4 atom stereocenters. The van der Waals surface area contributed by atoms with Crippen molar-refractivity contribution in [3.63, 3.8) is 0 Å². The zero-order valence-electron chi connectivity index (χ0n) is 15.8. The molecule has 2 aliphatic heterocycles. The number of hydrogen-bond acceptors (Lipinski definition) is 6. The Labute approximate surface area is 170 Å². The van der Waals surface area contributed by atoms with Gasteiger partial charge in [0, 0.05) is 6.42 Å². The van der Waals surface area contributed by atoms with Gasteiger partial charge in [-0.15, -0.1) is 0 Å². The Bertz CT molecular complexity index is 1020. The second-order valence-electron chi connectivity index (χ2n) is 7.97. The van der Waals surface area contributed by atoms with E-state index in [2.05, 4.69) is 0 Å². The van der Waals surface area contributed by atoms with Crippen LogP contribution in [0.4, 0.5) is 13.2 Å². The van der Waals surface area contributed by atoms with Crippen LogP contribution in [0.2, 0.25) is 0 Å². The van der Waals surface area contributed by atoms with E-state index in [1.165, 1.54) is 12.1 Å². The fraction of sp³-hybridized carbons (Fsp3) is 0.524. The summed E-state index contributed by atoms with van der Waals surface area (Å²) in [6, 6.07) is 9.97. The lowest BCUT2D eigenvalue weighted by atomic mass is 9.52. The van der Waals surface area contributed by atoms with Crippen LogP contribution in [0.25, 0.3) is 0 Å². The molecule has 2 bridgehead atoms. The highest BCUT2D eigenvalue weighted by Crippen LogP contribution is 2.69. The number of benzene rings is 1. The minimum absolute atomic E-state index is 0.0482. The van der Waals surface area contributed by atoms with Crippen LogP contribution in [0, 0.1) is 56.2 Å². The predicted molar refractivity (Wildman–Crippen MR) is 95.1 cm³/mol. The molecule has 0 spiro atoms. The summed E-state index contributed by atoms with van der Waals surface area (Å²) in [4.78, 5) is 0. The summed E-state index contributed by atoms with van der Waals surface area (Å²) in [5.41, 5.74) is -5.17. The van der Waals surface area contributed by atoms with E-state index in [-0.39, 0.29) is 5.56 Å². The highest BCUT2D eigenvalue weighted by atomic mass is 19.4. The molecule has 9 heteroatoms. The van der Waals surface area contributed by atoms with E-state index in [9.17, 15) is 29.0 Å². The van der Waals surface area contributed by atoms with Gasteiger partial charge in [-0.1, -0.05) is 25.0 Å². The molecule has 4 unspecified atom stereocenters. The number of hydrogen-bond donors (Lipinski definition) is 1. The van der Waals surface area contributed by atoms with Gasteiger partial charge < -0.3 is 9.47 Å². The summed E-state index contributed by atoms with van der Waals surface area (Å²) in [5, 5.41) is 38.9. The van der Waals surface area contributed by atoms with Crippen molar-refractivity contribution in [1.82, 2.24) is 0 Å². The lowest BCUT2D eigenvalue weighted by Crippen LogP contribution is -2.59. The molecule has 0 aromatic heterocycles. The van der Waals surface area contributed by atoms with Crippen molar-refractivity contribution >= 4 is 5.90 Å². The van der Waals surface area contributed by atoms with Gasteiger partial charge in [-0.25, -0.2) is 0 Å². The average Bonchev–Trinajstić information content (AvgIpc) is 2.85. The summed E-state index contributed by atoms with van der Waals surface area (Å²) in [6.07, 6.45) is -3.18. The summed E-state index contributed by atoms with van der Waals surface area (Å²) in [7, 11) is 0. The molecular weight excluding hydrogens is 397 g/mol. The van der Waals surface area contributed by atoms with E-state index in [0.717, 1.165) is 18.6 Å². The largest absolute Gasteiger partial charge is 0.447 e. The Balaban J connectivity index is 1.98. The zero-order valence-corrected chi connectivity index (χ0v) is 15.8. The van der Waals surface area contributed by atoms with Crippen LogP contribution in [-0.4, -0.2) is 11.7 Å². The standard InChI is InChI=1S/C21H17F3N4O2/c22-21(23,24)14-6-4-5-13(9-14)16-18(10-25,11-26)19(12-27)15-7-2-1-3-8-20(15,29-16)30-17(19)28/h4-6,9,15-16,28H,1-3,7-8H2. The van der Waals surface area contributed by atoms with Crippen molar-refractivity contribution in [2.45, 2.75) is 50.2 Å². The smallest absolute Gasteiger partial charge is 0.416 e. The number of nitriles is 3. The first kappa shape index (κ1) is 20.2. The predicted octanol–water partition coefficient (Wildman–Crippen LogP) is 4.60. The molecule has 6 nitrogen and oxygen atoms in total. The van der Waals surface area contributed by atoms with Crippen molar-refractivity contribution < 1.29 is 22.6 Å². The SMILES string of the molecule is N#CC1(C#N)C(c2cccc(C(F)(F)F)c2)OC23CCCCCC2C1(C#N)C(=N)O3. The Hall–Kier alpha value is -3.09. The summed E-state index contributed by atoms with van der Waals surface area (Å²) >= 11 is 0. The van der Waals surface area contributed by atoms with Gasteiger partial charge in [0.05, 0.1) is 29.7 Å². The Kier molecular flexibility index (Phi) is 4.34. The van der Waals surface area contributed by atoms with Crippen LogP contribution in [0.5, 0.6) is 0 Å². The van der Waals surface area contributed by atoms with Crippen LogP contribution in [0.3, 0.4) is 0 Å². The maximum atomic E-state index is 13.3. The highest BCUT2D eigenvalue weighted by Gasteiger charge is 2.80. The number of nitrogens with zero attached hydrogens (tertiary/aromatic N) is 3. The normalized spacial score (nSPS) is 34.5. The van der Waals surface area contributed by atoms with Crippen molar-refractivity contribution in [2.24, 2.45) is 16.7 Å². The molecule has 30 heavy (non-hydrogen) atoms. The monoisotopic (exact) mass is 414 g/mol. The minimum atomic E-state index is -4.63. The maximum absolute atomic E-state index is 13.3. The zero-order chi connectivity index (χ0) is 21.8. The molecule has 0 radical (unpaired) electrons. The van der Waals surface area contributed by atoms with Crippen LogP contribution < -0.4 is 0 Å². The van der Waals surface area contributed by atoms with E-state index in [1.807, 2.05) is 18.2 Å². The molecule has 2 heterocycles. The number of nitrogens with one attached hydrogen (secondary N) is 1. The van der Waals surface area contributed by atoms with Crippen LogP contribution >= 0.6 is 0 Å². The van der Waals surface area contributed by atoms with Crippen LogP contribution in [-0.2, 0) is 15.7 Å². The molecule has 4 rings (SSSR count). The number of rotatable bonds is 1. The quantitative estimate of drug-likeness (QED) is 0.721. The van der Waals surface area contributed by atoms with Crippen molar-refractivity contribution in [1.29, 1.82) is 21.2 Å². The van der Waals surface area contributed by atoms with E-state index < -0.39 is 46.3 Å². The van der Waals surface area contributed by atoms with Crippen molar-refractivity contribution in [3.05, 3.63) is 35.4 Å².